The van der Waals surface area contributed by atoms with Crippen molar-refractivity contribution in [3.8, 4) is 22.4 Å². The van der Waals surface area contributed by atoms with E-state index in [1.807, 2.05) is 30.5 Å². The highest BCUT2D eigenvalue weighted by Gasteiger charge is 2.12. The van der Waals surface area contributed by atoms with Gasteiger partial charge in [0.05, 0.1) is 5.69 Å². The fourth-order valence-electron chi connectivity index (χ4n) is 3.51. The second-order valence-corrected chi connectivity index (χ2v) is 6.58. The lowest BCUT2D eigenvalue weighted by Crippen LogP contribution is -1.86. The van der Waals surface area contributed by atoms with E-state index in [0.29, 0.717) is 0 Å². The monoisotopic (exact) mass is 335 g/mol. The Hall–Kier alpha value is -3.39. The van der Waals surface area contributed by atoms with Crippen molar-refractivity contribution in [2.75, 3.05) is 0 Å². The summed E-state index contributed by atoms with van der Waals surface area (Å²) in [6, 6.07) is 27.1. The Morgan fingerprint density at radius 3 is 2.46 bits per heavy atom. The van der Waals surface area contributed by atoms with Crippen LogP contribution in [0.1, 0.15) is 5.56 Å². The predicted octanol–water partition coefficient (Wildman–Crippen LogP) is 6.62. The molecule has 5 aromatic rings. The summed E-state index contributed by atoms with van der Waals surface area (Å²) >= 11 is 0. The molecule has 0 atom stereocenters. The summed E-state index contributed by atoms with van der Waals surface area (Å²) in [6.45, 7) is 2.09. The Morgan fingerprint density at radius 1 is 0.731 bits per heavy atom. The minimum atomic E-state index is 0.923. The van der Waals surface area contributed by atoms with Crippen LogP contribution in [0.4, 0.5) is 0 Å². The van der Waals surface area contributed by atoms with Gasteiger partial charge in [0.2, 0.25) is 0 Å². The Labute approximate surface area is 151 Å². The first kappa shape index (κ1) is 14.9. The minimum absolute atomic E-state index is 0.923. The van der Waals surface area contributed by atoms with E-state index >= 15 is 0 Å². The van der Waals surface area contributed by atoms with Crippen LogP contribution in [0.3, 0.4) is 0 Å². The molecular formula is C24H17NO. The average Bonchev–Trinajstić information content (AvgIpc) is 3.07. The molecule has 0 aliphatic rings. The van der Waals surface area contributed by atoms with Crippen LogP contribution in [-0.4, -0.2) is 4.98 Å². The normalized spacial score (nSPS) is 11.3. The molecule has 0 amide bonds. The maximum Gasteiger partial charge on any atom is 0.143 e. The van der Waals surface area contributed by atoms with Gasteiger partial charge in [-0.25, -0.2) is 0 Å². The molecule has 0 bridgehead atoms. The van der Waals surface area contributed by atoms with Gasteiger partial charge in [-0.05, 0) is 42.3 Å². The van der Waals surface area contributed by atoms with Crippen molar-refractivity contribution in [3.63, 3.8) is 0 Å². The van der Waals surface area contributed by atoms with Crippen LogP contribution < -0.4 is 0 Å². The third kappa shape index (κ3) is 2.39. The van der Waals surface area contributed by atoms with E-state index in [2.05, 4.69) is 66.5 Å². The highest BCUT2D eigenvalue weighted by Crippen LogP contribution is 2.36. The molecule has 124 valence electrons. The van der Waals surface area contributed by atoms with Gasteiger partial charge in [0, 0.05) is 28.1 Å². The number of furan rings is 1. The molecule has 0 aliphatic heterocycles. The van der Waals surface area contributed by atoms with Gasteiger partial charge in [-0.3, -0.25) is 4.98 Å². The quantitative estimate of drug-likeness (QED) is 0.362. The molecule has 0 fully saturated rings. The smallest absolute Gasteiger partial charge is 0.143 e. The summed E-state index contributed by atoms with van der Waals surface area (Å²) in [6.07, 6.45) is 1.86. The van der Waals surface area contributed by atoms with Crippen LogP contribution in [0.15, 0.2) is 89.5 Å². The van der Waals surface area contributed by atoms with E-state index in [0.717, 1.165) is 44.3 Å². The summed E-state index contributed by atoms with van der Waals surface area (Å²) in [5.41, 5.74) is 7.40. The molecule has 0 saturated carbocycles. The molecule has 26 heavy (non-hydrogen) atoms. The van der Waals surface area contributed by atoms with Crippen LogP contribution in [0.25, 0.3) is 44.3 Å². The van der Waals surface area contributed by atoms with Gasteiger partial charge in [0.1, 0.15) is 11.2 Å². The molecule has 2 heterocycles. The number of aryl methyl sites for hydroxylation is 1. The zero-order valence-corrected chi connectivity index (χ0v) is 14.4. The van der Waals surface area contributed by atoms with Crippen molar-refractivity contribution in [2.24, 2.45) is 0 Å². The molecule has 0 radical (unpaired) electrons. The van der Waals surface area contributed by atoms with Crippen molar-refractivity contribution in [1.29, 1.82) is 0 Å². The van der Waals surface area contributed by atoms with Crippen LogP contribution in [0.2, 0.25) is 0 Å². The fraction of sp³-hybridized carbons (Fsp3) is 0.0417. The van der Waals surface area contributed by atoms with Crippen LogP contribution in [-0.2, 0) is 0 Å². The number of nitrogens with zero attached hydrogens (tertiary/aromatic N) is 1. The Morgan fingerprint density at radius 2 is 1.54 bits per heavy atom. The zero-order chi connectivity index (χ0) is 17.5. The summed E-state index contributed by atoms with van der Waals surface area (Å²) in [7, 11) is 0. The van der Waals surface area contributed by atoms with E-state index in [9.17, 15) is 0 Å². The van der Waals surface area contributed by atoms with Gasteiger partial charge in [0.15, 0.2) is 0 Å². The lowest BCUT2D eigenvalue weighted by atomic mass is 9.99. The van der Waals surface area contributed by atoms with Crippen LogP contribution in [0.5, 0.6) is 0 Å². The van der Waals surface area contributed by atoms with Crippen molar-refractivity contribution >= 4 is 21.9 Å². The van der Waals surface area contributed by atoms with Crippen molar-refractivity contribution < 1.29 is 4.42 Å². The Kier molecular flexibility index (Phi) is 3.36. The van der Waals surface area contributed by atoms with E-state index in [1.54, 1.807) is 0 Å². The van der Waals surface area contributed by atoms with Crippen molar-refractivity contribution in [1.82, 2.24) is 4.98 Å². The van der Waals surface area contributed by atoms with E-state index in [4.69, 9.17) is 4.42 Å². The number of pyridine rings is 1. The van der Waals surface area contributed by atoms with E-state index in [-0.39, 0.29) is 0 Å². The van der Waals surface area contributed by atoms with Crippen LogP contribution >= 0.6 is 0 Å². The fourth-order valence-corrected chi connectivity index (χ4v) is 3.51. The number of hydrogen-bond acceptors (Lipinski definition) is 2. The first-order chi connectivity index (χ1) is 12.8. The highest BCUT2D eigenvalue weighted by atomic mass is 16.3. The summed E-state index contributed by atoms with van der Waals surface area (Å²) in [5.74, 6) is 0. The Bertz CT molecular complexity index is 1250. The largest absolute Gasteiger partial charge is 0.455 e. The lowest BCUT2D eigenvalue weighted by Gasteiger charge is -2.07. The van der Waals surface area contributed by atoms with Gasteiger partial charge in [-0.2, -0.15) is 0 Å². The summed E-state index contributed by atoms with van der Waals surface area (Å²) in [5, 5.41) is 2.30. The molecule has 2 aromatic heterocycles. The second kappa shape index (κ2) is 5.85. The second-order valence-electron chi connectivity index (χ2n) is 6.58. The number of fused-ring (bicyclic) bond motifs is 3. The summed E-state index contributed by atoms with van der Waals surface area (Å²) < 4.78 is 6.19. The topological polar surface area (TPSA) is 26.0 Å². The van der Waals surface area contributed by atoms with Crippen LogP contribution in [0, 0.1) is 6.92 Å². The molecule has 0 N–H and O–H groups in total. The third-order valence-electron chi connectivity index (χ3n) is 4.79. The minimum Gasteiger partial charge on any atom is -0.455 e. The lowest BCUT2D eigenvalue weighted by molar-refractivity contribution is 0.670. The molecular weight excluding hydrogens is 318 g/mol. The standard InChI is InChI=1S/C24H17NO/c1-16-12-13-25-22(14-16)18-7-4-6-17(15-18)19-9-5-10-21-20-8-2-3-11-23(20)26-24(19)21/h2-15H,1H3. The SMILES string of the molecule is Cc1ccnc(-c2cccc(-c3cccc4c3oc3ccccc34)c2)c1. The first-order valence-corrected chi connectivity index (χ1v) is 8.73. The average molecular weight is 335 g/mol. The van der Waals surface area contributed by atoms with Gasteiger partial charge < -0.3 is 4.42 Å². The first-order valence-electron chi connectivity index (χ1n) is 8.73. The maximum absolute atomic E-state index is 6.19. The van der Waals surface area contributed by atoms with Gasteiger partial charge in [-0.1, -0.05) is 54.6 Å². The maximum atomic E-state index is 6.19. The molecule has 5 rings (SSSR count). The molecule has 0 aliphatic carbocycles. The number of rotatable bonds is 2. The van der Waals surface area contributed by atoms with Crippen molar-refractivity contribution in [2.45, 2.75) is 6.92 Å². The number of hydrogen-bond donors (Lipinski definition) is 0. The van der Waals surface area contributed by atoms with Gasteiger partial charge in [0.25, 0.3) is 0 Å². The molecule has 2 heteroatoms. The Balaban J connectivity index is 1.72. The van der Waals surface area contributed by atoms with Gasteiger partial charge >= 0.3 is 0 Å². The molecule has 0 saturated heterocycles. The van der Waals surface area contributed by atoms with E-state index in [1.165, 1.54) is 5.56 Å². The zero-order valence-electron chi connectivity index (χ0n) is 14.4. The molecule has 2 nitrogen and oxygen atoms in total. The summed E-state index contributed by atoms with van der Waals surface area (Å²) in [4.78, 5) is 4.52. The molecule has 3 aromatic carbocycles. The number of para-hydroxylation sites is 2. The molecule has 0 spiro atoms. The van der Waals surface area contributed by atoms with E-state index < -0.39 is 0 Å². The third-order valence-corrected chi connectivity index (χ3v) is 4.79. The van der Waals surface area contributed by atoms with Crippen molar-refractivity contribution in [3.05, 3.63) is 90.6 Å². The van der Waals surface area contributed by atoms with Gasteiger partial charge in [-0.15, -0.1) is 0 Å². The number of benzene rings is 3. The highest BCUT2D eigenvalue weighted by molar-refractivity contribution is 6.09. The predicted molar refractivity (Wildman–Crippen MR) is 107 cm³/mol. The molecule has 0 unspecified atom stereocenters. The number of aromatic nitrogens is 1.